The van der Waals surface area contributed by atoms with Crippen molar-refractivity contribution in [3.05, 3.63) is 93.7 Å². The van der Waals surface area contributed by atoms with Gasteiger partial charge in [-0.1, -0.05) is 57.4 Å². The molecule has 296 valence electrons. The maximum absolute atomic E-state index is 14.6. The molecule has 0 radical (unpaired) electrons. The standard InChI is InChI=1S/C42H50F2N8O4/c1-49-36-25-28(15-18-34(36)52(42(49)56)35-19-20-38(53)48-41(35)55)13-10-8-6-4-2-3-5-7-9-11-22-45-40(54)31-27-46-51-24-21-37(47-39(31)51)50-23-12-14-33(50)30-26-29(43)16-17-32(30)44/h15-18,21,24-27,33,35H,2-14,19-20,22-23H2,1H3,(H,45,54)(H,48,53,55)/t33-,35?/m1/s1. The van der Waals surface area contributed by atoms with Crippen LogP contribution in [0.3, 0.4) is 0 Å². The minimum absolute atomic E-state index is 0.224. The number of unbranched alkanes of at least 4 members (excludes halogenated alkanes) is 9. The predicted molar refractivity (Wildman–Crippen MR) is 209 cm³/mol. The number of aryl methyl sites for hydroxylation is 2. The molecular weight excluding hydrogens is 719 g/mol. The fourth-order valence-electron chi connectivity index (χ4n) is 8.27. The molecule has 0 bridgehead atoms. The normalized spacial score (nSPS) is 17.3. The molecule has 1 unspecified atom stereocenters. The molecule has 0 saturated carbocycles. The molecule has 2 fully saturated rings. The maximum Gasteiger partial charge on any atom is 0.329 e. The zero-order valence-electron chi connectivity index (χ0n) is 31.9. The monoisotopic (exact) mass is 768 g/mol. The van der Waals surface area contributed by atoms with E-state index in [1.54, 1.807) is 28.4 Å². The number of hydrogen-bond acceptors (Lipinski definition) is 7. The van der Waals surface area contributed by atoms with Gasteiger partial charge in [-0.2, -0.15) is 5.10 Å². The number of amides is 3. The van der Waals surface area contributed by atoms with Crippen molar-refractivity contribution in [3.8, 4) is 0 Å². The Bertz CT molecular complexity index is 2280. The number of carbonyl (C=O) groups excluding carboxylic acids is 3. The molecule has 0 aliphatic carbocycles. The van der Waals surface area contributed by atoms with E-state index in [0.29, 0.717) is 54.0 Å². The highest BCUT2D eigenvalue weighted by Crippen LogP contribution is 2.37. The molecular formula is C42H50F2N8O4. The number of hydrogen-bond donors (Lipinski definition) is 2. The van der Waals surface area contributed by atoms with Crippen LogP contribution in [0.15, 0.2) is 59.7 Å². The van der Waals surface area contributed by atoms with E-state index in [-0.39, 0.29) is 30.0 Å². The van der Waals surface area contributed by atoms with Crippen LogP contribution in [0.1, 0.15) is 123 Å². The van der Waals surface area contributed by atoms with Gasteiger partial charge in [-0.05, 0) is 80.5 Å². The lowest BCUT2D eigenvalue weighted by atomic mass is 10.0. The van der Waals surface area contributed by atoms with E-state index in [9.17, 15) is 28.0 Å². The fourth-order valence-corrected chi connectivity index (χ4v) is 8.27. The van der Waals surface area contributed by atoms with Crippen molar-refractivity contribution < 1.29 is 23.2 Å². The van der Waals surface area contributed by atoms with Gasteiger partial charge in [0.1, 0.15) is 29.1 Å². The largest absolute Gasteiger partial charge is 0.352 e. The highest BCUT2D eigenvalue weighted by Gasteiger charge is 2.32. The summed E-state index contributed by atoms with van der Waals surface area (Å²) in [6, 6.07) is 10.3. The minimum atomic E-state index is -0.673. The molecule has 2 aromatic carbocycles. The minimum Gasteiger partial charge on any atom is -0.352 e. The van der Waals surface area contributed by atoms with E-state index in [1.807, 2.05) is 23.1 Å². The molecule has 5 aromatic rings. The van der Waals surface area contributed by atoms with Crippen LogP contribution >= 0.6 is 0 Å². The average Bonchev–Trinajstić information content (AvgIpc) is 3.91. The zero-order valence-corrected chi connectivity index (χ0v) is 31.9. The molecule has 56 heavy (non-hydrogen) atoms. The summed E-state index contributed by atoms with van der Waals surface area (Å²) in [5.41, 5.74) is 3.57. The van der Waals surface area contributed by atoms with Gasteiger partial charge in [-0.15, -0.1) is 0 Å². The number of benzene rings is 2. The summed E-state index contributed by atoms with van der Waals surface area (Å²) < 4.78 is 33.3. The van der Waals surface area contributed by atoms with Gasteiger partial charge in [0.15, 0.2) is 5.65 Å². The van der Waals surface area contributed by atoms with Crippen LogP contribution in [-0.4, -0.2) is 54.5 Å². The molecule has 2 atom stereocenters. The summed E-state index contributed by atoms with van der Waals surface area (Å²) in [5, 5.41) is 9.67. The molecule has 3 amide bonds. The Hall–Kier alpha value is -5.40. The van der Waals surface area contributed by atoms with Crippen LogP contribution < -0.4 is 21.2 Å². The second-order valence-corrected chi connectivity index (χ2v) is 15.2. The molecule has 0 spiro atoms. The smallest absolute Gasteiger partial charge is 0.329 e. The topological polar surface area (TPSA) is 136 Å². The number of piperidine rings is 1. The summed E-state index contributed by atoms with van der Waals surface area (Å²) in [6.07, 6.45) is 17.5. The Labute approximate surface area is 324 Å². The van der Waals surface area contributed by atoms with Gasteiger partial charge in [-0.25, -0.2) is 23.1 Å². The zero-order chi connectivity index (χ0) is 39.2. The summed E-state index contributed by atoms with van der Waals surface area (Å²) in [6.45, 7) is 1.22. The SMILES string of the molecule is Cn1c(=O)n(C2CCC(=O)NC2=O)c2ccc(CCCCCCCCCCCCNC(=O)c3cnn4ccc(N5CCC[C@@H]5c5cc(F)ccc5F)nc34)cc21. The molecule has 7 rings (SSSR count). The number of nitrogens with one attached hydrogen (secondary N) is 2. The van der Waals surface area contributed by atoms with Gasteiger partial charge in [-0.3, -0.25) is 28.8 Å². The molecule has 14 heteroatoms. The third-order valence-electron chi connectivity index (χ3n) is 11.3. The van der Waals surface area contributed by atoms with Gasteiger partial charge in [0, 0.05) is 38.3 Å². The first-order valence-corrected chi connectivity index (χ1v) is 20.1. The molecule has 5 heterocycles. The van der Waals surface area contributed by atoms with E-state index in [4.69, 9.17) is 4.98 Å². The first-order valence-electron chi connectivity index (χ1n) is 20.1. The van der Waals surface area contributed by atoms with E-state index in [2.05, 4.69) is 15.7 Å². The van der Waals surface area contributed by atoms with Gasteiger partial charge < -0.3 is 10.2 Å². The van der Waals surface area contributed by atoms with Gasteiger partial charge in [0.05, 0.1) is 23.3 Å². The van der Waals surface area contributed by atoms with E-state index in [0.717, 1.165) is 62.6 Å². The highest BCUT2D eigenvalue weighted by molar-refractivity contribution is 6.00. The second-order valence-electron chi connectivity index (χ2n) is 15.2. The van der Waals surface area contributed by atoms with E-state index >= 15 is 0 Å². The summed E-state index contributed by atoms with van der Waals surface area (Å²) >= 11 is 0. The Balaban J connectivity index is 0.772. The number of rotatable bonds is 17. The van der Waals surface area contributed by atoms with Crippen LogP contribution in [-0.2, 0) is 23.1 Å². The van der Waals surface area contributed by atoms with E-state index in [1.165, 1.54) is 54.5 Å². The molecule has 12 nitrogen and oxygen atoms in total. The summed E-state index contributed by atoms with van der Waals surface area (Å²) in [4.78, 5) is 56.9. The first-order chi connectivity index (χ1) is 27.2. The lowest BCUT2D eigenvalue weighted by molar-refractivity contribution is -0.135. The van der Waals surface area contributed by atoms with Crippen LogP contribution in [0, 0.1) is 11.6 Å². The Kier molecular flexibility index (Phi) is 12.2. The summed E-state index contributed by atoms with van der Waals surface area (Å²) in [5.74, 6) is -1.26. The molecule has 3 aromatic heterocycles. The fraction of sp³-hybridized carbons (Fsp3) is 0.476. The van der Waals surface area contributed by atoms with Crippen molar-refractivity contribution in [2.75, 3.05) is 18.0 Å². The lowest BCUT2D eigenvalue weighted by Gasteiger charge is -2.26. The Morgan fingerprint density at radius 1 is 0.875 bits per heavy atom. The number of carbonyl (C=O) groups is 3. The van der Waals surface area contributed by atoms with Gasteiger partial charge in [0.2, 0.25) is 11.8 Å². The van der Waals surface area contributed by atoms with Crippen molar-refractivity contribution >= 4 is 40.2 Å². The third-order valence-corrected chi connectivity index (χ3v) is 11.3. The number of imidazole rings is 1. The molecule has 2 N–H and O–H groups in total. The number of imide groups is 1. The van der Waals surface area contributed by atoms with Crippen molar-refractivity contribution in [2.45, 2.75) is 108 Å². The quantitative estimate of drug-likeness (QED) is 0.0780. The highest BCUT2D eigenvalue weighted by atomic mass is 19.1. The van der Waals surface area contributed by atoms with E-state index < -0.39 is 23.6 Å². The van der Waals surface area contributed by atoms with Crippen LogP contribution in [0.25, 0.3) is 16.7 Å². The van der Waals surface area contributed by atoms with Crippen LogP contribution in [0.2, 0.25) is 0 Å². The van der Waals surface area contributed by atoms with Crippen molar-refractivity contribution in [3.63, 3.8) is 0 Å². The Morgan fingerprint density at radius 2 is 1.62 bits per heavy atom. The van der Waals surface area contributed by atoms with Gasteiger partial charge >= 0.3 is 5.69 Å². The number of halogens is 2. The van der Waals surface area contributed by atoms with Gasteiger partial charge in [0.25, 0.3) is 5.91 Å². The predicted octanol–water partition coefficient (Wildman–Crippen LogP) is 6.85. The summed E-state index contributed by atoms with van der Waals surface area (Å²) in [7, 11) is 1.72. The van der Waals surface area contributed by atoms with Crippen molar-refractivity contribution in [1.82, 2.24) is 34.4 Å². The van der Waals surface area contributed by atoms with Crippen LogP contribution in [0.4, 0.5) is 14.6 Å². The number of nitrogens with zero attached hydrogens (tertiary/aromatic N) is 6. The third kappa shape index (κ3) is 8.53. The molecule has 2 aliphatic rings. The number of anilines is 1. The lowest BCUT2D eigenvalue weighted by Crippen LogP contribution is -2.44. The number of aromatic nitrogens is 5. The second kappa shape index (κ2) is 17.6. The first kappa shape index (κ1) is 38.9. The maximum atomic E-state index is 14.6. The van der Waals surface area contributed by atoms with Crippen molar-refractivity contribution in [1.29, 1.82) is 0 Å². The molecule has 2 saturated heterocycles. The average molecular weight is 769 g/mol. The van der Waals surface area contributed by atoms with Crippen molar-refractivity contribution in [2.24, 2.45) is 7.05 Å². The Morgan fingerprint density at radius 3 is 2.39 bits per heavy atom. The number of fused-ring (bicyclic) bond motifs is 2. The molecule has 2 aliphatic heterocycles. The van der Waals surface area contributed by atoms with Crippen LogP contribution in [0.5, 0.6) is 0 Å².